The molecule has 0 heterocycles. The predicted molar refractivity (Wildman–Crippen MR) is 98.8 cm³/mol. The van der Waals surface area contributed by atoms with Crippen LogP contribution in [0.25, 0.3) is 5.57 Å². The van der Waals surface area contributed by atoms with Crippen LogP contribution in [0, 0.1) is 18.7 Å². The third-order valence-electron chi connectivity index (χ3n) is 4.49. The van der Waals surface area contributed by atoms with Crippen LogP contribution in [0.5, 0.6) is 0 Å². The molecule has 0 spiro atoms. The van der Waals surface area contributed by atoms with Crippen molar-refractivity contribution >= 4 is 5.57 Å². The largest absolute Gasteiger partial charge is 0.207 e. The molecule has 0 aromatic heterocycles. The first-order valence-electron chi connectivity index (χ1n) is 8.44. The lowest BCUT2D eigenvalue weighted by molar-refractivity contribution is 0.399. The predicted octanol–water partition coefficient (Wildman–Crippen LogP) is 6.79. The molecule has 1 aromatic rings. The first-order valence-corrected chi connectivity index (χ1v) is 8.44. The standard InChI is InChI=1S/C22H27F/c1-5-8-18(10-6-9-16(2)3)22(19-11-7-12-19)21-14-13-20(23)15-17(21)4/h5-6,10,13-15,19H,1-2,7-9,11-12H2,3-4H3. The second-order valence-electron chi connectivity index (χ2n) is 6.58. The average Bonchev–Trinajstić information content (AvgIpc) is 2.42. The minimum atomic E-state index is -0.165. The van der Waals surface area contributed by atoms with Crippen molar-refractivity contribution in [2.75, 3.05) is 0 Å². The fourth-order valence-electron chi connectivity index (χ4n) is 3.11. The Morgan fingerprint density at radius 2 is 2.04 bits per heavy atom. The van der Waals surface area contributed by atoms with Crippen molar-refractivity contribution in [3.05, 3.63) is 77.7 Å². The molecule has 2 rings (SSSR count). The zero-order valence-electron chi connectivity index (χ0n) is 14.4. The fourth-order valence-corrected chi connectivity index (χ4v) is 3.11. The van der Waals surface area contributed by atoms with Gasteiger partial charge < -0.3 is 0 Å². The number of hydrogen-bond acceptors (Lipinski definition) is 0. The van der Waals surface area contributed by atoms with E-state index in [9.17, 15) is 4.39 Å². The Bertz CT molecular complexity index is 642. The lowest BCUT2D eigenvalue weighted by atomic mass is 9.74. The summed E-state index contributed by atoms with van der Waals surface area (Å²) in [6.45, 7) is 11.9. The highest BCUT2D eigenvalue weighted by atomic mass is 19.1. The summed E-state index contributed by atoms with van der Waals surface area (Å²) in [4.78, 5) is 0. The van der Waals surface area contributed by atoms with Crippen LogP contribution < -0.4 is 0 Å². The summed E-state index contributed by atoms with van der Waals surface area (Å²) in [5.74, 6) is 0.422. The summed E-state index contributed by atoms with van der Waals surface area (Å²) in [5, 5.41) is 0. The second kappa shape index (κ2) is 8.10. The van der Waals surface area contributed by atoms with Gasteiger partial charge >= 0.3 is 0 Å². The molecule has 1 aromatic carbocycles. The Morgan fingerprint density at radius 1 is 1.30 bits per heavy atom. The summed E-state index contributed by atoms with van der Waals surface area (Å²) >= 11 is 0. The van der Waals surface area contributed by atoms with Crippen LogP contribution in [-0.4, -0.2) is 0 Å². The van der Waals surface area contributed by atoms with Crippen LogP contribution in [0.3, 0.4) is 0 Å². The third kappa shape index (κ3) is 4.54. The van der Waals surface area contributed by atoms with E-state index >= 15 is 0 Å². The fraction of sp³-hybridized carbons (Fsp3) is 0.364. The smallest absolute Gasteiger partial charge is 0.123 e. The van der Waals surface area contributed by atoms with Gasteiger partial charge in [-0.15, -0.1) is 6.58 Å². The number of hydrogen-bond donors (Lipinski definition) is 0. The molecule has 122 valence electrons. The number of rotatable bonds is 7. The molecule has 1 aliphatic carbocycles. The third-order valence-corrected chi connectivity index (χ3v) is 4.49. The SMILES string of the molecule is C=CCC(C=CCC(=C)C)=C(c1ccc(F)cc1C)C1CCC1. The van der Waals surface area contributed by atoms with Crippen molar-refractivity contribution in [3.8, 4) is 0 Å². The van der Waals surface area contributed by atoms with Crippen LogP contribution >= 0.6 is 0 Å². The Hall–Kier alpha value is -1.89. The highest BCUT2D eigenvalue weighted by Crippen LogP contribution is 2.42. The van der Waals surface area contributed by atoms with Crippen molar-refractivity contribution in [1.82, 2.24) is 0 Å². The van der Waals surface area contributed by atoms with Crippen molar-refractivity contribution in [2.45, 2.75) is 46.0 Å². The van der Waals surface area contributed by atoms with E-state index in [1.165, 1.54) is 36.0 Å². The average molecular weight is 310 g/mol. The summed E-state index contributed by atoms with van der Waals surface area (Å²) in [5.41, 5.74) is 6.05. The van der Waals surface area contributed by atoms with E-state index in [4.69, 9.17) is 0 Å². The van der Waals surface area contributed by atoms with Crippen LogP contribution in [0.15, 0.2) is 60.7 Å². The van der Waals surface area contributed by atoms with Gasteiger partial charge in [0.05, 0.1) is 0 Å². The maximum Gasteiger partial charge on any atom is 0.123 e. The molecule has 1 heteroatoms. The van der Waals surface area contributed by atoms with Crippen molar-refractivity contribution in [3.63, 3.8) is 0 Å². The van der Waals surface area contributed by atoms with E-state index in [2.05, 4.69) is 25.3 Å². The lowest BCUT2D eigenvalue weighted by Crippen LogP contribution is -2.15. The van der Waals surface area contributed by atoms with Crippen LogP contribution in [-0.2, 0) is 0 Å². The molecule has 0 bridgehead atoms. The van der Waals surface area contributed by atoms with Gasteiger partial charge in [0.1, 0.15) is 5.82 Å². The molecule has 0 nitrogen and oxygen atoms in total. The molecule has 0 aliphatic heterocycles. The van der Waals surface area contributed by atoms with Gasteiger partial charge in [-0.1, -0.05) is 42.9 Å². The maximum atomic E-state index is 13.5. The highest BCUT2D eigenvalue weighted by Gasteiger charge is 2.25. The summed E-state index contributed by atoms with van der Waals surface area (Å²) < 4.78 is 13.5. The van der Waals surface area contributed by atoms with Crippen LogP contribution in [0.4, 0.5) is 4.39 Å². The minimum absolute atomic E-state index is 0.165. The summed E-state index contributed by atoms with van der Waals surface area (Å²) in [6, 6.07) is 5.15. The van der Waals surface area contributed by atoms with Crippen molar-refractivity contribution in [2.24, 2.45) is 5.92 Å². The number of benzene rings is 1. The number of aryl methyl sites for hydroxylation is 1. The van der Waals surface area contributed by atoms with Gasteiger partial charge in [0.2, 0.25) is 0 Å². The van der Waals surface area contributed by atoms with Crippen LogP contribution in [0.2, 0.25) is 0 Å². The minimum Gasteiger partial charge on any atom is -0.207 e. The van der Waals surface area contributed by atoms with E-state index in [0.29, 0.717) is 5.92 Å². The van der Waals surface area contributed by atoms with Gasteiger partial charge in [-0.05, 0) is 79.9 Å². The maximum absolute atomic E-state index is 13.5. The van der Waals surface area contributed by atoms with E-state index in [1.807, 2.05) is 26.0 Å². The molecular weight excluding hydrogens is 283 g/mol. The van der Waals surface area contributed by atoms with E-state index < -0.39 is 0 Å². The molecule has 0 N–H and O–H groups in total. The van der Waals surface area contributed by atoms with E-state index in [0.717, 1.165) is 24.0 Å². The number of halogens is 1. The van der Waals surface area contributed by atoms with Gasteiger partial charge in [0.15, 0.2) is 0 Å². The molecule has 23 heavy (non-hydrogen) atoms. The van der Waals surface area contributed by atoms with E-state index in [-0.39, 0.29) is 5.82 Å². The molecular formula is C22H27F. The molecule has 1 fully saturated rings. The normalized spacial score (nSPS) is 16.1. The lowest BCUT2D eigenvalue weighted by Gasteiger charge is -2.31. The quantitative estimate of drug-likeness (QED) is 0.384. The molecule has 0 unspecified atom stereocenters. The number of allylic oxidation sites excluding steroid dienone is 6. The van der Waals surface area contributed by atoms with Crippen LogP contribution in [0.1, 0.15) is 50.2 Å². The van der Waals surface area contributed by atoms with Gasteiger partial charge in [-0.25, -0.2) is 4.39 Å². The van der Waals surface area contributed by atoms with E-state index in [1.54, 1.807) is 12.1 Å². The van der Waals surface area contributed by atoms with Gasteiger partial charge in [-0.2, -0.15) is 0 Å². The monoisotopic (exact) mass is 310 g/mol. The van der Waals surface area contributed by atoms with Gasteiger partial charge in [-0.3, -0.25) is 0 Å². The van der Waals surface area contributed by atoms with Crippen molar-refractivity contribution in [1.29, 1.82) is 0 Å². The molecule has 1 aliphatic rings. The highest BCUT2D eigenvalue weighted by molar-refractivity contribution is 5.75. The molecule has 0 atom stereocenters. The molecule has 0 amide bonds. The summed E-state index contributed by atoms with van der Waals surface area (Å²) in [6.07, 6.45) is 11.8. The topological polar surface area (TPSA) is 0 Å². The van der Waals surface area contributed by atoms with Gasteiger partial charge in [0, 0.05) is 0 Å². The zero-order chi connectivity index (χ0) is 16.8. The second-order valence-corrected chi connectivity index (χ2v) is 6.58. The zero-order valence-corrected chi connectivity index (χ0v) is 14.4. The van der Waals surface area contributed by atoms with Gasteiger partial charge in [0.25, 0.3) is 0 Å². The first-order chi connectivity index (χ1) is 11.0. The Kier molecular flexibility index (Phi) is 6.15. The summed E-state index contributed by atoms with van der Waals surface area (Å²) in [7, 11) is 0. The molecule has 0 saturated heterocycles. The molecule has 0 radical (unpaired) electrons. The first kappa shape index (κ1) is 17.5. The Balaban J connectivity index is 2.49. The molecule has 1 saturated carbocycles. The Labute approximate surface area is 140 Å². The van der Waals surface area contributed by atoms with Crippen molar-refractivity contribution < 1.29 is 4.39 Å². The Morgan fingerprint density at radius 3 is 2.57 bits per heavy atom.